The Hall–Kier alpha value is -3.19. The van der Waals surface area contributed by atoms with Crippen LogP contribution in [0.4, 0.5) is 11.4 Å². The molecule has 7 nitrogen and oxygen atoms in total. The lowest BCUT2D eigenvalue weighted by Crippen LogP contribution is -2.18. The Morgan fingerprint density at radius 1 is 1.17 bits per heavy atom. The maximum atomic E-state index is 12.3. The van der Waals surface area contributed by atoms with E-state index < -0.39 is 5.97 Å². The molecule has 0 heterocycles. The summed E-state index contributed by atoms with van der Waals surface area (Å²) < 4.78 is 0. The number of aliphatic imine (C=N–C) groups is 1. The molecule has 2 rings (SSSR count). The number of rotatable bonds is 7. The molecule has 0 saturated carbocycles. The molecule has 0 atom stereocenters. The molecule has 24 heavy (non-hydrogen) atoms. The van der Waals surface area contributed by atoms with E-state index in [0.717, 1.165) is 5.56 Å². The number of hydrogen-bond donors (Lipinski definition) is 4. The van der Waals surface area contributed by atoms with Crippen molar-refractivity contribution >= 4 is 29.6 Å². The summed E-state index contributed by atoms with van der Waals surface area (Å²) in [6.45, 7) is 0. The Morgan fingerprint density at radius 3 is 2.71 bits per heavy atom. The Balaban J connectivity index is 2.08. The first kappa shape index (κ1) is 17.2. The van der Waals surface area contributed by atoms with Gasteiger partial charge in [-0.25, -0.2) is 10.8 Å². The van der Waals surface area contributed by atoms with Crippen LogP contribution in [0.15, 0.2) is 53.5 Å². The maximum absolute atomic E-state index is 12.3. The summed E-state index contributed by atoms with van der Waals surface area (Å²) in [5, 5.41) is 11.5. The van der Waals surface area contributed by atoms with Gasteiger partial charge < -0.3 is 15.8 Å². The van der Waals surface area contributed by atoms with E-state index in [4.69, 9.17) is 10.9 Å². The van der Waals surface area contributed by atoms with E-state index in [-0.39, 0.29) is 12.3 Å². The van der Waals surface area contributed by atoms with Crippen molar-refractivity contribution in [3.05, 3.63) is 59.7 Å². The lowest BCUT2D eigenvalue weighted by atomic mass is 10.1. The molecule has 0 fully saturated rings. The van der Waals surface area contributed by atoms with Crippen LogP contribution in [0.25, 0.3) is 0 Å². The molecular weight excluding hydrogens is 308 g/mol. The smallest absolute Gasteiger partial charge is 0.303 e. The highest BCUT2D eigenvalue weighted by molar-refractivity contribution is 6.04. The molecule has 0 saturated heterocycles. The number of carbonyl (C=O) groups is 2. The average molecular weight is 326 g/mol. The van der Waals surface area contributed by atoms with Crippen LogP contribution in [0.1, 0.15) is 22.3 Å². The molecule has 0 aliphatic rings. The van der Waals surface area contributed by atoms with Crippen LogP contribution >= 0.6 is 0 Å². The molecule has 2 aromatic rings. The zero-order chi connectivity index (χ0) is 17.4. The van der Waals surface area contributed by atoms with E-state index in [1.807, 2.05) is 6.07 Å². The molecule has 2 aromatic carbocycles. The number of nitrogens with zero attached hydrogens (tertiary/aromatic N) is 1. The molecule has 7 heteroatoms. The second-order valence-electron chi connectivity index (χ2n) is 5.02. The summed E-state index contributed by atoms with van der Waals surface area (Å²) in [5.74, 6) is 3.99. The van der Waals surface area contributed by atoms with Crippen molar-refractivity contribution in [1.82, 2.24) is 5.43 Å². The van der Waals surface area contributed by atoms with E-state index in [1.54, 1.807) is 42.5 Å². The van der Waals surface area contributed by atoms with Crippen LogP contribution < -0.4 is 16.6 Å². The number of aliphatic carboxylic acids is 1. The first-order valence-electron chi connectivity index (χ1n) is 7.29. The molecule has 0 aromatic heterocycles. The van der Waals surface area contributed by atoms with Gasteiger partial charge in [0, 0.05) is 17.7 Å². The van der Waals surface area contributed by atoms with E-state index in [2.05, 4.69) is 15.7 Å². The Morgan fingerprint density at radius 2 is 1.96 bits per heavy atom. The number of aryl methyl sites for hydroxylation is 1. The molecule has 1 amide bonds. The van der Waals surface area contributed by atoms with E-state index in [1.165, 1.54) is 6.34 Å². The van der Waals surface area contributed by atoms with Gasteiger partial charge in [0.05, 0.1) is 5.69 Å². The Kier molecular flexibility index (Phi) is 6.04. The summed E-state index contributed by atoms with van der Waals surface area (Å²) in [6.07, 6.45) is 1.78. The topological polar surface area (TPSA) is 117 Å². The monoisotopic (exact) mass is 326 g/mol. The van der Waals surface area contributed by atoms with Gasteiger partial charge in [0.2, 0.25) is 0 Å². The van der Waals surface area contributed by atoms with Gasteiger partial charge in [0.25, 0.3) is 5.91 Å². The van der Waals surface area contributed by atoms with Crippen molar-refractivity contribution in [2.75, 3.05) is 5.32 Å². The summed E-state index contributed by atoms with van der Waals surface area (Å²) in [4.78, 5) is 27.0. The minimum absolute atomic E-state index is 0.0482. The zero-order valence-electron chi connectivity index (χ0n) is 12.9. The van der Waals surface area contributed by atoms with Gasteiger partial charge in [0.15, 0.2) is 0 Å². The number of carboxylic acid groups (broad SMARTS) is 1. The Labute approximate surface area is 139 Å². The number of anilines is 1. The summed E-state index contributed by atoms with van der Waals surface area (Å²) in [7, 11) is 0. The number of carboxylic acids is 1. The van der Waals surface area contributed by atoms with Crippen LogP contribution in [0.2, 0.25) is 0 Å². The molecule has 0 aliphatic carbocycles. The second kappa shape index (κ2) is 8.44. The van der Waals surface area contributed by atoms with E-state index in [9.17, 15) is 9.59 Å². The van der Waals surface area contributed by atoms with Gasteiger partial charge in [-0.15, -0.1) is 0 Å². The minimum Gasteiger partial charge on any atom is -0.481 e. The van der Waals surface area contributed by atoms with Crippen molar-refractivity contribution in [1.29, 1.82) is 0 Å². The number of nitrogens with two attached hydrogens (primary N) is 1. The fraction of sp³-hybridized carbons (Fsp3) is 0.118. The van der Waals surface area contributed by atoms with E-state index in [0.29, 0.717) is 23.4 Å². The normalized spacial score (nSPS) is 10.5. The van der Waals surface area contributed by atoms with Gasteiger partial charge in [-0.05, 0) is 42.3 Å². The van der Waals surface area contributed by atoms with Crippen LogP contribution in [-0.4, -0.2) is 23.3 Å². The number of benzene rings is 2. The van der Waals surface area contributed by atoms with E-state index >= 15 is 0 Å². The van der Waals surface area contributed by atoms with Crippen LogP contribution in [-0.2, 0) is 11.2 Å². The van der Waals surface area contributed by atoms with Crippen molar-refractivity contribution in [3.8, 4) is 0 Å². The predicted octanol–water partition coefficient (Wildman–Crippen LogP) is 2.08. The Bertz CT molecular complexity index is 759. The van der Waals surface area contributed by atoms with Gasteiger partial charge >= 0.3 is 5.97 Å². The highest BCUT2D eigenvalue weighted by Crippen LogP contribution is 2.17. The molecule has 0 aliphatic heterocycles. The fourth-order valence-electron chi connectivity index (χ4n) is 2.10. The summed E-state index contributed by atoms with van der Waals surface area (Å²) in [5.41, 5.74) is 4.81. The molecule has 124 valence electrons. The quantitative estimate of drug-likeness (QED) is 0.269. The summed E-state index contributed by atoms with van der Waals surface area (Å²) >= 11 is 0. The first-order valence-corrected chi connectivity index (χ1v) is 7.29. The number of hydrazine groups is 1. The third-order valence-electron chi connectivity index (χ3n) is 3.21. The predicted molar refractivity (Wildman–Crippen MR) is 92.3 cm³/mol. The number of hydrogen-bond acceptors (Lipinski definition) is 4. The highest BCUT2D eigenvalue weighted by atomic mass is 16.4. The molecule has 0 unspecified atom stereocenters. The summed E-state index contributed by atoms with van der Waals surface area (Å²) in [6, 6.07) is 13.9. The number of nitrogens with one attached hydrogen (secondary N) is 2. The SMILES string of the molecule is NNC=Nc1cccc(C(=O)Nc2cccc(CCC(=O)O)c2)c1. The average Bonchev–Trinajstić information content (AvgIpc) is 2.58. The van der Waals surface area contributed by atoms with Crippen LogP contribution in [0, 0.1) is 0 Å². The first-order chi connectivity index (χ1) is 11.6. The minimum atomic E-state index is -0.853. The third kappa shape index (κ3) is 5.22. The molecule has 0 bridgehead atoms. The van der Waals surface area contributed by atoms with Gasteiger partial charge in [0.1, 0.15) is 6.34 Å². The lowest BCUT2D eigenvalue weighted by Gasteiger charge is -2.07. The number of carbonyl (C=O) groups excluding carboxylic acids is 1. The maximum Gasteiger partial charge on any atom is 0.303 e. The lowest BCUT2D eigenvalue weighted by molar-refractivity contribution is -0.136. The van der Waals surface area contributed by atoms with Crippen molar-refractivity contribution in [2.24, 2.45) is 10.8 Å². The van der Waals surface area contributed by atoms with Gasteiger partial charge in [-0.2, -0.15) is 0 Å². The standard InChI is InChI=1S/C17H18N4O3/c18-20-11-19-14-5-2-4-13(10-14)17(24)21-15-6-1-3-12(9-15)7-8-16(22)23/h1-6,9-11H,7-8,18H2,(H,19,20)(H,21,24)(H,22,23). The molecule has 0 spiro atoms. The third-order valence-corrected chi connectivity index (χ3v) is 3.21. The second-order valence-corrected chi connectivity index (χ2v) is 5.02. The van der Waals surface area contributed by atoms with Gasteiger partial charge in [-0.3, -0.25) is 9.59 Å². The van der Waals surface area contributed by atoms with Crippen LogP contribution in [0.3, 0.4) is 0 Å². The highest BCUT2D eigenvalue weighted by Gasteiger charge is 2.07. The molecule has 0 radical (unpaired) electrons. The molecular formula is C17H18N4O3. The van der Waals surface area contributed by atoms with Crippen molar-refractivity contribution in [3.63, 3.8) is 0 Å². The number of amides is 1. The van der Waals surface area contributed by atoms with Crippen LogP contribution in [0.5, 0.6) is 0 Å². The largest absolute Gasteiger partial charge is 0.481 e. The van der Waals surface area contributed by atoms with Crippen molar-refractivity contribution < 1.29 is 14.7 Å². The van der Waals surface area contributed by atoms with Gasteiger partial charge in [-0.1, -0.05) is 18.2 Å². The molecule has 5 N–H and O–H groups in total. The van der Waals surface area contributed by atoms with Crippen molar-refractivity contribution in [2.45, 2.75) is 12.8 Å². The zero-order valence-corrected chi connectivity index (χ0v) is 12.9. The fourth-order valence-corrected chi connectivity index (χ4v) is 2.10.